The number of rotatable bonds is 7. The van der Waals surface area contributed by atoms with Gasteiger partial charge in [-0.2, -0.15) is 5.26 Å². The third-order valence-electron chi connectivity index (χ3n) is 2.05. The van der Waals surface area contributed by atoms with Crippen molar-refractivity contribution in [3.63, 3.8) is 0 Å². The van der Waals surface area contributed by atoms with Gasteiger partial charge in [-0.15, -0.1) is 6.58 Å². The number of nitrogens with zero attached hydrogens (tertiary/aromatic N) is 1. The molecule has 0 aliphatic carbocycles. The standard InChI is InChI=1S/C11H19N/c1-3-5-7-9-11(10-12)8-6-4-2/h3,11H,1,4-9H2,2H3. The molecule has 0 spiro atoms. The number of hydrogen-bond donors (Lipinski definition) is 0. The van der Waals surface area contributed by atoms with E-state index in [2.05, 4.69) is 19.6 Å². The van der Waals surface area contributed by atoms with Crippen molar-refractivity contribution < 1.29 is 0 Å². The Morgan fingerprint density at radius 3 is 2.58 bits per heavy atom. The number of allylic oxidation sites excluding steroid dienone is 1. The fourth-order valence-electron chi connectivity index (χ4n) is 1.23. The second-order valence-electron chi connectivity index (χ2n) is 3.19. The summed E-state index contributed by atoms with van der Waals surface area (Å²) in [6.45, 7) is 5.83. The summed E-state index contributed by atoms with van der Waals surface area (Å²) in [6, 6.07) is 2.36. The second kappa shape index (κ2) is 8.33. The first-order valence-corrected chi connectivity index (χ1v) is 4.85. The summed E-state index contributed by atoms with van der Waals surface area (Å²) in [5.41, 5.74) is 0. The van der Waals surface area contributed by atoms with E-state index in [1.165, 1.54) is 12.8 Å². The van der Waals surface area contributed by atoms with Gasteiger partial charge in [-0.1, -0.05) is 25.8 Å². The van der Waals surface area contributed by atoms with Crippen LogP contribution >= 0.6 is 0 Å². The quantitative estimate of drug-likeness (QED) is 0.417. The summed E-state index contributed by atoms with van der Waals surface area (Å²) in [4.78, 5) is 0. The van der Waals surface area contributed by atoms with Crippen LogP contribution in [0.3, 0.4) is 0 Å². The zero-order valence-corrected chi connectivity index (χ0v) is 8.05. The summed E-state index contributed by atoms with van der Waals surface area (Å²) in [6.07, 6.45) is 8.59. The lowest BCUT2D eigenvalue weighted by Gasteiger charge is -2.05. The van der Waals surface area contributed by atoms with Gasteiger partial charge in [0.25, 0.3) is 0 Å². The highest BCUT2D eigenvalue weighted by Gasteiger charge is 2.04. The minimum absolute atomic E-state index is 0.282. The van der Waals surface area contributed by atoms with Crippen molar-refractivity contribution in [3.8, 4) is 6.07 Å². The van der Waals surface area contributed by atoms with E-state index in [0.717, 1.165) is 25.7 Å². The molecule has 0 aromatic heterocycles. The SMILES string of the molecule is C=CCCCC(C#N)CCCC. The molecule has 1 atom stereocenters. The van der Waals surface area contributed by atoms with Crippen LogP contribution < -0.4 is 0 Å². The van der Waals surface area contributed by atoms with Crippen molar-refractivity contribution >= 4 is 0 Å². The van der Waals surface area contributed by atoms with E-state index in [9.17, 15) is 0 Å². The van der Waals surface area contributed by atoms with Gasteiger partial charge in [0.05, 0.1) is 6.07 Å². The smallest absolute Gasteiger partial charge is 0.0655 e. The van der Waals surface area contributed by atoms with E-state index in [1.807, 2.05) is 6.08 Å². The summed E-state index contributed by atoms with van der Waals surface area (Å²) in [7, 11) is 0. The van der Waals surface area contributed by atoms with Crippen LogP contribution in [-0.4, -0.2) is 0 Å². The Kier molecular flexibility index (Phi) is 7.79. The fraction of sp³-hybridized carbons (Fsp3) is 0.727. The molecule has 68 valence electrons. The van der Waals surface area contributed by atoms with Gasteiger partial charge in [0.1, 0.15) is 0 Å². The van der Waals surface area contributed by atoms with Crippen LogP contribution in [0, 0.1) is 17.2 Å². The van der Waals surface area contributed by atoms with Gasteiger partial charge in [0.2, 0.25) is 0 Å². The van der Waals surface area contributed by atoms with E-state index in [-0.39, 0.29) is 5.92 Å². The summed E-state index contributed by atoms with van der Waals surface area (Å²) in [5.74, 6) is 0.282. The molecule has 0 saturated carbocycles. The maximum Gasteiger partial charge on any atom is 0.0655 e. The first-order chi connectivity index (χ1) is 5.85. The zero-order valence-electron chi connectivity index (χ0n) is 8.05. The van der Waals surface area contributed by atoms with Crippen LogP contribution in [0.25, 0.3) is 0 Å². The molecule has 1 unspecified atom stereocenters. The van der Waals surface area contributed by atoms with Gasteiger partial charge >= 0.3 is 0 Å². The van der Waals surface area contributed by atoms with Crippen molar-refractivity contribution in [2.24, 2.45) is 5.92 Å². The van der Waals surface area contributed by atoms with Gasteiger partial charge in [-0.25, -0.2) is 0 Å². The van der Waals surface area contributed by atoms with Gasteiger partial charge in [-0.3, -0.25) is 0 Å². The lowest BCUT2D eigenvalue weighted by atomic mass is 9.97. The lowest BCUT2D eigenvalue weighted by molar-refractivity contribution is 0.512. The van der Waals surface area contributed by atoms with Crippen molar-refractivity contribution in [1.29, 1.82) is 5.26 Å². The molecule has 0 aliphatic heterocycles. The highest BCUT2D eigenvalue weighted by Crippen LogP contribution is 2.14. The number of unbranched alkanes of at least 4 members (excludes halogenated alkanes) is 2. The summed E-state index contributed by atoms with van der Waals surface area (Å²) < 4.78 is 0. The van der Waals surface area contributed by atoms with E-state index in [4.69, 9.17) is 5.26 Å². The fourth-order valence-corrected chi connectivity index (χ4v) is 1.23. The molecule has 12 heavy (non-hydrogen) atoms. The maximum absolute atomic E-state index is 8.78. The zero-order chi connectivity index (χ0) is 9.23. The van der Waals surface area contributed by atoms with Crippen molar-refractivity contribution in [1.82, 2.24) is 0 Å². The lowest BCUT2D eigenvalue weighted by Crippen LogP contribution is -1.96. The molecule has 0 N–H and O–H groups in total. The predicted molar refractivity (Wildman–Crippen MR) is 52.7 cm³/mol. The van der Waals surface area contributed by atoms with Crippen molar-refractivity contribution in [3.05, 3.63) is 12.7 Å². The molecule has 0 aromatic carbocycles. The molecule has 1 nitrogen and oxygen atoms in total. The molecule has 0 fully saturated rings. The molecule has 0 aliphatic rings. The highest BCUT2D eigenvalue weighted by molar-refractivity contribution is 4.83. The van der Waals surface area contributed by atoms with Crippen LogP contribution in [0.1, 0.15) is 45.4 Å². The van der Waals surface area contributed by atoms with E-state index in [0.29, 0.717) is 0 Å². The number of nitriles is 1. The summed E-state index contributed by atoms with van der Waals surface area (Å²) >= 11 is 0. The van der Waals surface area contributed by atoms with Gasteiger partial charge in [0.15, 0.2) is 0 Å². The minimum atomic E-state index is 0.282. The van der Waals surface area contributed by atoms with Crippen LogP contribution in [0.4, 0.5) is 0 Å². The van der Waals surface area contributed by atoms with E-state index >= 15 is 0 Å². The Balaban J connectivity index is 3.41. The first-order valence-electron chi connectivity index (χ1n) is 4.85. The Bertz CT molecular complexity index is 144. The van der Waals surface area contributed by atoms with Crippen molar-refractivity contribution in [2.45, 2.75) is 45.4 Å². The maximum atomic E-state index is 8.78. The van der Waals surface area contributed by atoms with Crippen molar-refractivity contribution in [2.75, 3.05) is 0 Å². The van der Waals surface area contributed by atoms with Crippen LogP contribution in [0.15, 0.2) is 12.7 Å². The largest absolute Gasteiger partial charge is 0.198 e. The predicted octanol–water partition coefficient (Wildman–Crippen LogP) is 3.67. The molecule has 0 amide bonds. The van der Waals surface area contributed by atoms with Crippen LogP contribution in [0.5, 0.6) is 0 Å². The molecule has 0 saturated heterocycles. The highest BCUT2D eigenvalue weighted by atomic mass is 14.3. The molecule has 0 bridgehead atoms. The average Bonchev–Trinajstić information content (AvgIpc) is 2.11. The Labute approximate surface area is 76.1 Å². The second-order valence-corrected chi connectivity index (χ2v) is 3.19. The van der Waals surface area contributed by atoms with E-state index < -0.39 is 0 Å². The molecular formula is C11H19N. The minimum Gasteiger partial charge on any atom is -0.198 e. The third kappa shape index (κ3) is 5.97. The van der Waals surface area contributed by atoms with Gasteiger partial charge < -0.3 is 0 Å². The van der Waals surface area contributed by atoms with E-state index in [1.54, 1.807) is 0 Å². The average molecular weight is 165 g/mol. The molecule has 0 heterocycles. The molecule has 0 rings (SSSR count). The molecule has 0 radical (unpaired) electrons. The Morgan fingerprint density at radius 1 is 1.42 bits per heavy atom. The third-order valence-corrected chi connectivity index (χ3v) is 2.05. The van der Waals surface area contributed by atoms with Crippen LogP contribution in [0.2, 0.25) is 0 Å². The summed E-state index contributed by atoms with van der Waals surface area (Å²) in [5, 5.41) is 8.78. The topological polar surface area (TPSA) is 23.8 Å². The molecule has 1 heteroatoms. The number of hydrogen-bond acceptors (Lipinski definition) is 1. The van der Waals surface area contributed by atoms with Crippen LogP contribution in [-0.2, 0) is 0 Å². The Morgan fingerprint density at radius 2 is 2.08 bits per heavy atom. The molecule has 0 aromatic rings. The monoisotopic (exact) mass is 165 g/mol. The first kappa shape index (κ1) is 11.2. The molecular weight excluding hydrogens is 146 g/mol. The van der Waals surface area contributed by atoms with Gasteiger partial charge in [-0.05, 0) is 25.7 Å². The Hall–Kier alpha value is -0.770. The van der Waals surface area contributed by atoms with Gasteiger partial charge in [0, 0.05) is 5.92 Å². The normalized spacial score (nSPS) is 12.0.